The maximum atomic E-state index is 4.47. The van der Waals surface area contributed by atoms with Crippen molar-refractivity contribution in [1.82, 2.24) is 29.6 Å². The van der Waals surface area contributed by atoms with E-state index in [1.54, 1.807) is 21.9 Å². The van der Waals surface area contributed by atoms with Crippen molar-refractivity contribution in [2.45, 2.75) is 13.8 Å². The first-order valence-corrected chi connectivity index (χ1v) is 7.26. The van der Waals surface area contributed by atoms with Crippen LogP contribution >= 0.6 is 0 Å². The van der Waals surface area contributed by atoms with E-state index < -0.39 is 0 Å². The van der Waals surface area contributed by atoms with Gasteiger partial charge in [0.25, 0.3) is 5.95 Å². The monoisotopic (exact) mass is 305 g/mol. The number of para-hydroxylation sites is 1. The van der Waals surface area contributed by atoms with Gasteiger partial charge in [-0.3, -0.25) is 0 Å². The summed E-state index contributed by atoms with van der Waals surface area (Å²) in [6, 6.07) is 10.1. The molecule has 114 valence electrons. The molecule has 0 bridgehead atoms. The van der Waals surface area contributed by atoms with Gasteiger partial charge in [-0.25, -0.2) is 4.68 Å². The highest BCUT2D eigenvalue weighted by Crippen LogP contribution is 2.16. The number of nitrogens with one attached hydrogen (secondary N) is 1. The van der Waals surface area contributed by atoms with Crippen LogP contribution in [0.25, 0.3) is 16.9 Å². The van der Waals surface area contributed by atoms with E-state index in [-0.39, 0.29) is 0 Å². The van der Waals surface area contributed by atoms with Crippen LogP contribution < -0.4 is 0 Å². The minimum Gasteiger partial charge on any atom is -0.361 e. The van der Waals surface area contributed by atoms with E-state index in [9.17, 15) is 0 Å². The number of hydrogen-bond acceptors (Lipinski definition) is 4. The average molecular weight is 305 g/mol. The van der Waals surface area contributed by atoms with Crippen LogP contribution in [0, 0.1) is 13.8 Å². The number of benzene rings is 1. The Kier molecular flexibility index (Phi) is 3.04. The second kappa shape index (κ2) is 5.20. The summed E-state index contributed by atoms with van der Waals surface area (Å²) < 4.78 is 3.34. The van der Waals surface area contributed by atoms with Crippen molar-refractivity contribution in [3.63, 3.8) is 0 Å². The van der Waals surface area contributed by atoms with E-state index >= 15 is 0 Å². The van der Waals surface area contributed by atoms with Crippen molar-refractivity contribution in [2.24, 2.45) is 5.10 Å². The predicted molar refractivity (Wildman–Crippen MR) is 87.9 cm³/mol. The van der Waals surface area contributed by atoms with Crippen LogP contribution in [-0.4, -0.2) is 35.9 Å². The molecule has 3 heterocycles. The molecule has 0 unspecified atom stereocenters. The number of aromatic nitrogens is 6. The van der Waals surface area contributed by atoms with Gasteiger partial charge in [0.2, 0.25) is 0 Å². The van der Waals surface area contributed by atoms with Gasteiger partial charge in [0.1, 0.15) is 6.33 Å². The molecule has 0 aliphatic carbocycles. The molecule has 7 heteroatoms. The Morgan fingerprint density at radius 3 is 2.91 bits per heavy atom. The number of rotatable bonds is 3. The Balaban J connectivity index is 1.73. The molecule has 7 nitrogen and oxygen atoms in total. The van der Waals surface area contributed by atoms with Crippen LogP contribution in [-0.2, 0) is 0 Å². The maximum absolute atomic E-state index is 4.47. The largest absolute Gasteiger partial charge is 0.361 e. The zero-order chi connectivity index (χ0) is 15.8. The highest BCUT2D eigenvalue weighted by Gasteiger charge is 2.10. The second-order valence-corrected chi connectivity index (χ2v) is 5.35. The molecule has 4 rings (SSSR count). The number of fused-ring (bicyclic) bond motifs is 1. The SMILES string of the molecule is Cc1cc(C)n(-c2nncn2/N=C\c2c[nH]c3ccccc23)n1. The minimum atomic E-state index is 0.562. The molecule has 0 fully saturated rings. The molecule has 0 saturated heterocycles. The lowest BCUT2D eigenvalue weighted by Crippen LogP contribution is -2.06. The number of hydrogen-bond donors (Lipinski definition) is 1. The molecule has 0 radical (unpaired) electrons. The van der Waals surface area contributed by atoms with Crippen molar-refractivity contribution >= 4 is 17.1 Å². The van der Waals surface area contributed by atoms with E-state index in [0.29, 0.717) is 5.95 Å². The smallest absolute Gasteiger partial charge is 0.273 e. The first kappa shape index (κ1) is 13.4. The predicted octanol–water partition coefficient (Wildman–Crippen LogP) is 2.44. The van der Waals surface area contributed by atoms with E-state index in [1.807, 2.05) is 44.3 Å². The summed E-state index contributed by atoms with van der Waals surface area (Å²) in [7, 11) is 0. The van der Waals surface area contributed by atoms with Crippen LogP contribution in [0.3, 0.4) is 0 Å². The zero-order valence-electron chi connectivity index (χ0n) is 12.8. The van der Waals surface area contributed by atoms with E-state index in [4.69, 9.17) is 0 Å². The molecular weight excluding hydrogens is 290 g/mol. The van der Waals surface area contributed by atoms with Gasteiger partial charge >= 0.3 is 0 Å². The van der Waals surface area contributed by atoms with Gasteiger partial charge in [-0.15, -0.1) is 10.2 Å². The van der Waals surface area contributed by atoms with Crippen molar-refractivity contribution < 1.29 is 0 Å². The van der Waals surface area contributed by atoms with Gasteiger partial charge in [-0.05, 0) is 26.0 Å². The van der Waals surface area contributed by atoms with Crippen molar-refractivity contribution in [3.05, 3.63) is 59.8 Å². The fourth-order valence-electron chi connectivity index (χ4n) is 2.60. The fraction of sp³-hybridized carbons (Fsp3) is 0.125. The van der Waals surface area contributed by atoms with Crippen LogP contribution in [0.15, 0.2) is 48.0 Å². The Morgan fingerprint density at radius 1 is 1.22 bits per heavy atom. The van der Waals surface area contributed by atoms with Crippen molar-refractivity contribution in [3.8, 4) is 5.95 Å². The Bertz CT molecular complexity index is 1000. The topological polar surface area (TPSA) is 76.7 Å². The van der Waals surface area contributed by atoms with Crippen molar-refractivity contribution in [2.75, 3.05) is 0 Å². The van der Waals surface area contributed by atoms with Gasteiger partial charge in [0, 0.05) is 28.4 Å². The summed E-state index contributed by atoms with van der Waals surface area (Å²) >= 11 is 0. The molecular formula is C16H15N7. The van der Waals surface area contributed by atoms with E-state index in [2.05, 4.69) is 31.4 Å². The van der Waals surface area contributed by atoms with Crippen LogP contribution in [0.2, 0.25) is 0 Å². The van der Waals surface area contributed by atoms with Crippen molar-refractivity contribution in [1.29, 1.82) is 0 Å². The Labute approximate surface area is 132 Å². The van der Waals surface area contributed by atoms with Gasteiger partial charge in [0.15, 0.2) is 0 Å². The number of aromatic amines is 1. The third-order valence-corrected chi connectivity index (χ3v) is 3.65. The summed E-state index contributed by atoms with van der Waals surface area (Å²) in [6.07, 6.45) is 5.29. The maximum Gasteiger partial charge on any atom is 0.273 e. The third kappa shape index (κ3) is 2.32. The molecule has 0 amide bonds. The fourth-order valence-corrected chi connectivity index (χ4v) is 2.60. The van der Waals surface area contributed by atoms with Gasteiger partial charge in [-0.1, -0.05) is 18.2 Å². The van der Waals surface area contributed by atoms with Crippen LogP contribution in [0.5, 0.6) is 0 Å². The standard InChI is InChI=1S/C16H15N7/c1-11-7-12(2)23(21-11)16-20-18-10-22(16)19-9-13-8-17-15-6-4-3-5-14(13)15/h3-10,17H,1-2H3/b19-9-. The second-order valence-electron chi connectivity index (χ2n) is 5.35. The van der Waals surface area contributed by atoms with E-state index in [0.717, 1.165) is 27.9 Å². The Morgan fingerprint density at radius 2 is 2.09 bits per heavy atom. The lowest BCUT2D eigenvalue weighted by atomic mass is 10.2. The molecule has 0 spiro atoms. The highest BCUT2D eigenvalue weighted by molar-refractivity contribution is 5.98. The summed E-state index contributed by atoms with van der Waals surface area (Å²) in [4.78, 5) is 3.23. The van der Waals surface area contributed by atoms with Crippen LogP contribution in [0.1, 0.15) is 17.0 Å². The molecule has 0 atom stereocenters. The molecule has 3 aromatic heterocycles. The molecule has 0 aliphatic heterocycles. The first-order chi connectivity index (χ1) is 11.2. The number of nitrogens with zero attached hydrogens (tertiary/aromatic N) is 6. The summed E-state index contributed by atoms with van der Waals surface area (Å²) in [6.45, 7) is 3.92. The van der Waals surface area contributed by atoms with E-state index in [1.165, 1.54) is 0 Å². The van der Waals surface area contributed by atoms with Gasteiger partial charge in [-0.2, -0.15) is 14.9 Å². The summed E-state index contributed by atoms with van der Waals surface area (Å²) in [5, 5.41) is 18.1. The third-order valence-electron chi connectivity index (χ3n) is 3.65. The normalized spacial score (nSPS) is 11.7. The molecule has 4 aromatic rings. The first-order valence-electron chi connectivity index (χ1n) is 7.26. The zero-order valence-corrected chi connectivity index (χ0v) is 12.8. The minimum absolute atomic E-state index is 0.562. The molecule has 0 aliphatic rings. The van der Waals surface area contributed by atoms with Crippen LogP contribution in [0.4, 0.5) is 0 Å². The molecule has 0 saturated carbocycles. The number of H-pyrrole nitrogens is 1. The summed E-state index contributed by atoms with van der Waals surface area (Å²) in [5.74, 6) is 0.562. The quantitative estimate of drug-likeness (QED) is 0.591. The molecule has 1 aromatic carbocycles. The lowest BCUT2D eigenvalue weighted by Gasteiger charge is -2.02. The molecule has 23 heavy (non-hydrogen) atoms. The lowest BCUT2D eigenvalue weighted by molar-refractivity contribution is 0.717. The average Bonchev–Trinajstić information content (AvgIpc) is 3.23. The van der Waals surface area contributed by atoms with Gasteiger partial charge < -0.3 is 4.98 Å². The Hall–Kier alpha value is -3.22. The van der Waals surface area contributed by atoms with Gasteiger partial charge in [0.05, 0.1) is 11.9 Å². The molecule has 1 N–H and O–H groups in total. The summed E-state index contributed by atoms with van der Waals surface area (Å²) in [5.41, 5.74) is 4.00. The highest BCUT2D eigenvalue weighted by atomic mass is 15.5. The number of aryl methyl sites for hydroxylation is 2.